The summed E-state index contributed by atoms with van der Waals surface area (Å²) in [5, 5.41) is 3.74. The molecule has 1 aliphatic rings. The highest BCUT2D eigenvalue weighted by Gasteiger charge is 2.24. The second-order valence-corrected chi connectivity index (χ2v) is 6.33. The smallest absolute Gasteiger partial charge is 0.220 e. The van der Waals surface area contributed by atoms with Crippen molar-refractivity contribution in [1.82, 2.24) is 10.3 Å². The molecule has 0 aromatic carbocycles. The summed E-state index contributed by atoms with van der Waals surface area (Å²) in [6.45, 7) is 2.87. The number of primary amides is 1. The largest absolute Gasteiger partial charge is 0.448 e. The van der Waals surface area contributed by atoms with Gasteiger partial charge in [0.1, 0.15) is 11.6 Å². The van der Waals surface area contributed by atoms with Crippen LogP contribution >= 0.6 is 11.6 Å². The molecule has 128 valence electrons. The van der Waals surface area contributed by atoms with E-state index in [4.69, 9.17) is 21.8 Å². The van der Waals surface area contributed by atoms with Crippen molar-refractivity contribution in [3.63, 3.8) is 0 Å². The summed E-state index contributed by atoms with van der Waals surface area (Å²) in [5.41, 5.74) is 6.52. The number of nitrogens with zero attached hydrogens (tertiary/aromatic N) is 2. The van der Waals surface area contributed by atoms with E-state index in [9.17, 15) is 4.79 Å². The van der Waals surface area contributed by atoms with Gasteiger partial charge in [-0.05, 0) is 42.6 Å². The molecule has 24 heavy (non-hydrogen) atoms. The van der Waals surface area contributed by atoms with Crippen molar-refractivity contribution in [2.45, 2.75) is 25.9 Å². The number of furan rings is 1. The monoisotopic (exact) mass is 348 g/mol. The van der Waals surface area contributed by atoms with Crippen LogP contribution in [0.2, 0.25) is 5.22 Å². The number of carbonyl (C=O) groups is 1. The Hall–Kier alpha value is -2.05. The maximum atomic E-state index is 11.3. The molecule has 3 heterocycles. The number of hydrogen-bond acceptors (Lipinski definition) is 5. The predicted octanol–water partition coefficient (Wildman–Crippen LogP) is 2.32. The van der Waals surface area contributed by atoms with Gasteiger partial charge in [0.05, 0.1) is 6.54 Å². The Kier molecular flexibility index (Phi) is 5.37. The van der Waals surface area contributed by atoms with E-state index in [1.54, 1.807) is 12.3 Å². The number of hydrogen-bond donors (Lipinski definition) is 2. The number of carbonyl (C=O) groups excluding carboxylic acids is 1. The first-order valence-corrected chi connectivity index (χ1v) is 8.44. The first kappa shape index (κ1) is 16.8. The topological polar surface area (TPSA) is 84.4 Å². The van der Waals surface area contributed by atoms with Gasteiger partial charge in [-0.15, -0.1) is 0 Å². The van der Waals surface area contributed by atoms with Crippen molar-refractivity contribution in [3.8, 4) is 0 Å². The molecule has 0 saturated carbocycles. The summed E-state index contributed by atoms with van der Waals surface area (Å²) >= 11 is 5.77. The van der Waals surface area contributed by atoms with E-state index >= 15 is 0 Å². The molecule has 2 aromatic heterocycles. The maximum Gasteiger partial charge on any atom is 0.220 e. The second kappa shape index (κ2) is 7.68. The minimum Gasteiger partial charge on any atom is -0.448 e. The van der Waals surface area contributed by atoms with E-state index in [1.165, 1.54) is 0 Å². The van der Waals surface area contributed by atoms with Gasteiger partial charge in [-0.2, -0.15) is 0 Å². The van der Waals surface area contributed by atoms with Gasteiger partial charge in [-0.25, -0.2) is 4.98 Å². The number of anilines is 1. The van der Waals surface area contributed by atoms with Gasteiger partial charge in [-0.1, -0.05) is 6.07 Å². The summed E-state index contributed by atoms with van der Waals surface area (Å²) in [6, 6.07) is 7.58. The van der Waals surface area contributed by atoms with Crippen LogP contribution in [-0.4, -0.2) is 24.0 Å². The molecular formula is C17H21ClN4O2. The lowest BCUT2D eigenvalue weighted by molar-refractivity contribution is -0.122. The van der Waals surface area contributed by atoms with Crippen molar-refractivity contribution in [2.24, 2.45) is 11.7 Å². The van der Waals surface area contributed by atoms with E-state index in [0.717, 1.165) is 43.1 Å². The summed E-state index contributed by atoms with van der Waals surface area (Å²) in [7, 11) is 0. The Morgan fingerprint density at radius 3 is 2.79 bits per heavy atom. The van der Waals surface area contributed by atoms with E-state index < -0.39 is 0 Å². The predicted molar refractivity (Wildman–Crippen MR) is 92.6 cm³/mol. The zero-order chi connectivity index (χ0) is 16.9. The number of nitrogens with two attached hydrogens (primary N) is 1. The van der Waals surface area contributed by atoms with Gasteiger partial charge in [0, 0.05) is 37.3 Å². The first-order chi connectivity index (χ1) is 11.6. The highest BCUT2D eigenvalue weighted by Crippen LogP contribution is 2.24. The van der Waals surface area contributed by atoms with E-state index in [2.05, 4.69) is 21.3 Å². The maximum absolute atomic E-state index is 11.3. The van der Waals surface area contributed by atoms with Crippen LogP contribution in [0.5, 0.6) is 0 Å². The molecule has 1 fully saturated rings. The van der Waals surface area contributed by atoms with Crippen LogP contribution < -0.4 is 16.0 Å². The highest BCUT2D eigenvalue weighted by molar-refractivity contribution is 6.28. The lowest BCUT2D eigenvalue weighted by Crippen LogP contribution is -2.39. The molecule has 3 N–H and O–H groups in total. The lowest BCUT2D eigenvalue weighted by Gasteiger charge is -2.32. The van der Waals surface area contributed by atoms with Crippen molar-refractivity contribution in [1.29, 1.82) is 0 Å². The summed E-state index contributed by atoms with van der Waals surface area (Å²) in [6.07, 6.45) is 3.36. The average molecular weight is 349 g/mol. The quantitative estimate of drug-likeness (QED) is 0.836. The van der Waals surface area contributed by atoms with Crippen molar-refractivity contribution >= 4 is 23.3 Å². The van der Waals surface area contributed by atoms with E-state index in [0.29, 0.717) is 18.3 Å². The third kappa shape index (κ3) is 4.07. The first-order valence-electron chi connectivity index (χ1n) is 8.06. The van der Waals surface area contributed by atoms with Crippen LogP contribution in [0, 0.1) is 5.92 Å². The Morgan fingerprint density at radius 1 is 1.33 bits per heavy atom. The molecule has 0 bridgehead atoms. The minimum absolute atomic E-state index is 0.0183. The number of halogens is 1. The van der Waals surface area contributed by atoms with Gasteiger partial charge in [0.2, 0.25) is 5.91 Å². The molecular weight excluding hydrogens is 328 g/mol. The van der Waals surface area contributed by atoms with Gasteiger partial charge in [-0.3, -0.25) is 4.79 Å². The Bertz CT molecular complexity index is 695. The molecule has 0 spiro atoms. The average Bonchev–Trinajstić information content (AvgIpc) is 3.01. The fourth-order valence-corrected chi connectivity index (χ4v) is 3.16. The van der Waals surface area contributed by atoms with Crippen LogP contribution in [0.3, 0.4) is 0 Å². The number of nitrogens with one attached hydrogen (secondary N) is 1. The minimum atomic E-state index is -0.199. The molecule has 0 atom stereocenters. The molecule has 0 unspecified atom stereocenters. The third-order valence-electron chi connectivity index (χ3n) is 4.31. The van der Waals surface area contributed by atoms with E-state index in [-0.39, 0.29) is 11.8 Å². The second-order valence-electron chi connectivity index (χ2n) is 5.96. The van der Waals surface area contributed by atoms with Crippen LogP contribution in [0.25, 0.3) is 0 Å². The Labute approximate surface area is 146 Å². The number of piperidine rings is 1. The van der Waals surface area contributed by atoms with Crippen molar-refractivity contribution in [2.75, 3.05) is 18.0 Å². The molecule has 0 radical (unpaired) electrons. The fraction of sp³-hybridized carbons (Fsp3) is 0.412. The van der Waals surface area contributed by atoms with Gasteiger partial charge < -0.3 is 20.4 Å². The van der Waals surface area contributed by atoms with Crippen LogP contribution in [-0.2, 0) is 17.9 Å². The molecule has 6 nitrogen and oxygen atoms in total. The molecule has 7 heteroatoms. The lowest BCUT2D eigenvalue weighted by atomic mass is 9.96. The number of aromatic nitrogens is 1. The molecule has 1 aliphatic heterocycles. The number of amides is 1. The van der Waals surface area contributed by atoms with Gasteiger partial charge in [0.25, 0.3) is 0 Å². The fourth-order valence-electron chi connectivity index (χ4n) is 3.00. The van der Waals surface area contributed by atoms with Crippen molar-refractivity contribution < 1.29 is 9.21 Å². The highest BCUT2D eigenvalue weighted by atomic mass is 35.5. The molecule has 1 saturated heterocycles. The molecule has 2 aromatic rings. The zero-order valence-electron chi connectivity index (χ0n) is 13.4. The van der Waals surface area contributed by atoms with Crippen LogP contribution in [0.1, 0.15) is 24.2 Å². The zero-order valence-corrected chi connectivity index (χ0v) is 14.1. The Morgan fingerprint density at radius 2 is 2.12 bits per heavy atom. The summed E-state index contributed by atoms with van der Waals surface area (Å²) < 4.78 is 5.34. The van der Waals surface area contributed by atoms with E-state index in [1.807, 2.05) is 12.1 Å². The van der Waals surface area contributed by atoms with Crippen LogP contribution in [0.15, 0.2) is 34.9 Å². The van der Waals surface area contributed by atoms with Crippen molar-refractivity contribution in [3.05, 3.63) is 47.0 Å². The SMILES string of the molecule is NC(=O)C1CCN(c2ncccc2CNCc2ccc(Cl)o2)CC1. The normalized spacial score (nSPS) is 15.6. The third-order valence-corrected chi connectivity index (χ3v) is 4.51. The standard InChI is InChI=1S/C17H21ClN4O2/c18-15-4-3-14(24-15)11-20-10-13-2-1-7-21-17(13)22-8-5-12(6-9-22)16(19)23/h1-4,7,12,20H,5-6,8-11H2,(H2,19,23). The number of rotatable bonds is 6. The Balaban J connectivity index is 1.60. The number of pyridine rings is 1. The molecule has 3 rings (SSSR count). The summed E-state index contributed by atoms with van der Waals surface area (Å²) in [4.78, 5) is 18.1. The van der Waals surface area contributed by atoms with Gasteiger partial charge >= 0.3 is 0 Å². The molecule has 1 amide bonds. The summed E-state index contributed by atoms with van der Waals surface area (Å²) in [5.74, 6) is 1.54. The van der Waals surface area contributed by atoms with Gasteiger partial charge in [0.15, 0.2) is 5.22 Å². The molecule has 0 aliphatic carbocycles. The van der Waals surface area contributed by atoms with Crippen LogP contribution in [0.4, 0.5) is 5.82 Å².